The number of carbonyl (C=O) groups excluding carboxylic acids is 1. The van der Waals surface area contributed by atoms with Gasteiger partial charge < -0.3 is 10.2 Å². The Morgan fingerprint density at radius 3 is 2.72 bits per heavy atom. The molecule has 1 fully saturated rings. The van der Waals surface area contributed by atoms with E-state index in [1.54, 1.807) is 18.5 Å². The Kier molecular flexibility index (Phi) is 4.13. The summed E-state index contributed by atoms with van der Waals surface area (Å²) >= 11 is 0. The van der Waals surface area contributed by atoms with Crippen molar-refractivity contribution in [3.05, 3.63) is 18.5 Å². The molecule has 0 saturated carbocycles. The van der Waals surface area contributed by atoms with Gasteiger partial charge in [0.05, 0.1) is 6.54 Å². The summed E-state index contributed by atoms with van der Waals surface area (Å²) in [5, 5.41) is 2.73. The Balaban J connectivity index is 1.85. The fourth-order valence-corrected chi connectivity index (χ4v) is 2.08. The highest BCUT2D eigenvalue weighted by Gasteiger charge is 2.25. The molecule has 1 aromatic rings. The second-order valence-corrected chi connectivity index (χ2v) is 4.23. The molecule has 1 N–H and O–H groups in total. The number of hydrogen-bond donors (Lipinski definition) is 1. The lowest BCUT2D eigenvalue weighted by molar-refractivity contribution is -0.125. The largest absolute Gasteiger partial charge is 0.345 e. The van der Waals surface area contributed by atoms with E-state index in [0.717, 1.165) is 31.9 Å². The summed E-state index contributed by atoms with van der Waals surface area (Å²) < 4.78 is 0. The Morgan fingerprint density at radius 1 is 1.44 bits per heavy atom. The molecule has 0 atom stereocenters. The zero-order valence-electron chi connectivity index (χ0n) is 10.2. The Morgan fingerprint density at radius 2 is 2.11 bits per heavy atom. The van der Waals surface area contributed by atoms with Gasteiger partial charge in [0, 0.05) is 31.4 Å². The first-order valence-corrected chi connectivity index (χ1v) is 6.04. The lowest BCUT2D eigenvalue weighted by Crippen LogP contribution is -2.41. The Labute approximate surface area is 107 Å². The van der Waals surface area contributed by atoms with Crippen LogP contribution in [0.2, 0.25) is 0 Å². The van der Waals surface area contributed by atoms with Gasteiger partial charge in [-0.1, -0.05) is 5.92 Å². The fraction of sp³-hybridized carbons (Fsp3) is 0.462. The van der Waals surface area contributed by atoms with Crippen molar-refractivity contribution in [3.8, 4) is 12.3 Å². The van der Waals surface area contributed by atoms with E-state index in [-0.39, 0.29) is 11.8 Å². The van der Waals surface area contributed by atoms with Gasteiger partial charge in [-0.2, -0.15) is 0 Å². The van der Waals surface area contributed by atoms with E-state index in [1.807, 2.05) is 0 Å². The van der Waals surface area contributed by atoms with E-state index in [1.165, 1.54) is 0 Å². The standard InChI is InChI=1S/C13H16N4O/c1-2-6-14-12(18)11-4-9-17(10-5-11)13-15-7-3-8-16-13/h1,3,7-8,11H,4-6,9-10H2,(H,14,18). The predicted molar refractivity (Wildman–Crippen MR) is 68.8 cm³/mol. The lowest BCUT2D eigenvalue weighted by Gasteiger charge is -2.31. The number of rotatable bonds is 3. The molecule has 5 nitrogen and oxygen atoms in total. The quantitative estimate of drug-likeness (QED) is 0.784. The van der Waals surface area contributed by atoms with Crippen LogP contribution in [0.5, 0.6) is 0 Å². The van der Waals surface area contributed by atoms with Crippen LogP contribution in [0.3, 0.4) is 0 Å². The second-order valence-electron chi connectivity index (χ2n) is 4.23. The van der Waals surface area contributed by atoms with Crippen molar-refractivity contribution in [2.24, 2.45) is 5.92 Å². The van der Waals surface area contributed by atoms with E-state index in [2.05, 4.69) is 26.1 Å². The zero-order chi connectivity index (χ0) is 12.8. The summed E-state index contributed by atoms with van der Waals surface area (Å²) in [6, 6.07) is 1.80. The first-order valence-electron chi connectivity index (χ1n) is 6.04. The number of aromatic nitrogens is 2. The third-order valence-corrected chi connectivity index (χ3v) is 3.07. The molecule has 18 heavy (non-hydrogen) atoms. The van der Waals surface area contributed by atoms with Crippen LogP contribution in [0, 0.1) is 18.3 Å². The first-order chi connectivity index (χ1) is 8.81. The van der Waals surface area contributed by atoms with Gasteiger partial charge in [0.15, 0.2) is 0 Å². The molecule has 1 saturated heterocycles. The van der Waals surface area contributed by atoms with Gasteiger partial charge in [-0.3, -0.25) is 4.79 Å². The molecule has 2 rings (SSSR count). The minimum atomic E-state index is 0.0540. The predicted octanol–water partition coefficient (Wildman–Crippen LogP) is 0.442. The Bertz CT molecular complexity index is 432. The number of hydrogen-bond acceptors (Lipinski definition) is 4. The van der Waals surface area contributed by atoms with Crippen molar-refractivity contribution in [1.29, 1.82) is 0 Å². The van der Waals surface area contributed by atoms with Crippen LogP contribution in [-0.4, -0.2) is 35.5 Å². The maximum absolute atomic E-state index is 11.7. The number of amides is 1. The van der Waals surface area contributed by atoms with Crippen molar-refractivity contribution in [3.63, 3.8) is 0 Å². The minimum absolute atomic E-state index is 0.0540. The van der Waals surface area contributed by atoms with E-state index < -0.39 is 0 Å². The highest BCUT2D eigenvalue weighted by Crippen LogP contribution is 2.20. The molecule has 0 spiro atoms. The highest BCUT2D eigenvalue weighted by atomic mass is 16.1. The van der Waals surface area contributed by atoms with E-state index in [4.69, 9.17) is 6.42 Å². The van der Waals surface area contributed by atoms with Crippen molar-refractivity contribution in [2.45, 2.75) is 12.8 Å². The zero-order valence-corrected chi connectivity index (χ0v) is 10.2. The topological polar surface area (TPSA) is 58.1 Å². The Hall–Kier alpha value is -2.09. The molecule has 1 aromatic heterocycles. The molecule has 0 aliphatic carbocycles. The summed E-state index contributed by atoms with van der Waals surface area (Å²) in [4.78, 5) is 22.3. The second kappa shape index (κ2) is 6.01. The lowest BCUT2D eigenvalue weighted by atomic mass is 9.96. The van der Waals surface area contributed by atoms with Gasteiger partial charge in [0.1, 0.15) is 0 Å². The van der Waals surface area contributed by atoms with Crippen LogP contribution >= 0.6 is 0 Å². The van der Waals surface area contributed by atoms with E-state index >= 15 is 0 Å². The summed E-state index contributed by atoms with van der Waals surface area (Å²) in [6.45, 7) is 1.91. The molecule has 1 aliphatic rings. The van der Waals surface area contributed by atoms with Crippen LogP contribution in [-0.2, 0) is 4.79 Å². The molecule has 5 heteroatoms. The number of carbonyl (C=O) groups is 1. The monoisotopic (exact) mass is 244 g/mol. The minimum Gasteiger partial charge on any atom is -0.345 e. The van der Waals surface area contributed by atoms with Crippen LogP contribution in [0.4, 0.5) is 5.95 Å². The van der Waals surface area contributed by atoms with Crippen LogP contribution in [0.1, 0.15) is 12.8 Å². The first kappa shape index (κ1) is 12.4. The van der Waals surface area contributed by atoms with Gasteiger partial charge >= 0.3 is 0 Å². The third kappa shape index (κ3) is 2.98. The normalized spacial score (nSPS) is 16.1. The average Bonchev–Trinajstić information content (AvgIpc) is 2.46. The van der Waals surface area contributed by atoms with Gasteiger partial charge in [0.25, 0.3) is 0 Å². The molecule has 2 heterocycles. The summed E-state index contributed by atoms with van der Waals surface area (Å²) in [6.07, 6.45) is 10.2. The molecule has 0 bridgehead atoms. The number of piperidine rings is 1. The van der Waals surface area contributed by atoms with Crippen molar-refractivity contribution in [1.82, 2.24) is 15.3 Å². The molecule has 0 radical (unpaired) electrons. The van der Waals surface area contributed by atoms with Gasteiger partial charge in [-0.15, -0.1) is 6.42 Å². The van der Waals surface area contributed by atoms with Crippen LogP contribution in [0.25, 0.3) is 0 Å². The number of nitrogens with zero attached hydrogens (tertiary/aromatic N) is 3. The molecule has 1 aliphatic heterocycles. The van der Waals surface area contributed by atoms with E-state index in [0.29, 0.717) is 6.54 Å². The molecule has 0 aromatic carbocycles. The van der Waals surface area contributed by atoms with Gasteiger partial charge in [-0.25, -0.2) is 9.97 Å². The SMILES string of the molecule is C#CCNC(=O)C1CCN(c2ncccn2)CC1. The molecule has 1 amide bonds. The average molecular weight is 244 g/mol. The maximum Gasteiger partial charge on any atom is 0.225 e. The van der Waals surface area contributed by atoms with Crippen molar-refractivity contribution >= 4 is 11.9 Å². The number of terminal acetylenes is 1. The van der Waals surface area contributed by atoms with E-state index in [9.17, 15) is 4.79 Å². The summed E-state index contributed by atoms with van der Waals surface area (Å²) in [5.74, 6) is 3.26. The smallest absolute Gasteiger partial charge is 0.225 e. The maximum atomic E-state index is 11.7. The molecular formula is C13H16N4O. The molecular weight excluding hydrogens is 228 g/mol. The molecule has 94 valence electrons. The number of anilines is 1. The summed E-state index contributed by atoms with van der Waals surface area (Å²) in [5.41, 5.74) is 0. The summed E-state index contributed by atoms with van der Waals surface area (Å²) in [7, 11) is 0. The van der Waals surface area contributed by atoms with Gasteiger partial charge in [0.2, 0.25) is 11.9 Å². The van der Waals surface area contributed by atoms with Crippen LogP contribution < -0.4 is 10.2 Å². The van der Waals surface area contributed by atoms with Gasteiger partial charge in [-0.05, 0) is 18.9 Å². The highest BCUT2D eigenvalue weighted by molar-refractivity contribution is 5.79. The van der Waals surface area contributed by atoms with Crippen molar-refractivity contribution < 1.29 is 4.79 Å². The van der Waals surface area contributed by atoms with Crippen LogP contribution in [0.15, 0.2) is 18.5 Å². The number of nitrogens with one attached hydrogen (secondary N) is 1. The third-order valence-electron chi connectivity index (χ3n) is 3.07. The van der Waals surface area contributed by atoms with Crippen molar-refractivity contribution in [2.75, 3.05) is 24.5 Å². The molecule has 0 unspecified atom stereocenters. The fourth-order valence-electron chi connectivity index (χ4n) is 2.08.